The summed E-state index contributed by atoms with van der Waals surface area (Å²) in [5.41, 5.74) is 1.18. The van der Waals surface area contributed by atoms with Crippen molar-refractivity contribution in [1.82, 2.24) is 0 Å². The summed E-state index contributed by atoms with van der Waals surface area (Å²) in [5.74, 6) is -0.249. The fraction of sp³-hybridized carbons (Fsp3) is 0.222. The summed E-state index contributed by atoms with van der Waals surface area (Å²) in [4.78, 5) is 10.9. The van der Waals surface area contributed by atoms with Crippen LogP contribution in [0.15, 0.2) is 24.3 Å². The van der Waals surface area contributed by atoms with Crippen LogP contribution in [0.4, 0.5) is 10.1 Å². The van der Waals surface area contributed by atoms with Crippen LogP contribution in [-0.4, -0.2) is 5.91 Å². The van der Waals surface area contributed by atoms with Gasteiger partial charge < -0.3 is 5.32 Å². The molecule has 0 spiro atoms. The van der Waals surface area contributed by atoms with Crippen molar-refractivity contribution in [2.24, 2.45) is 0 Å². The molecule has 3 heteroatoms. The van der Waals surface area contributed by atoms with Crippen LogP contribution in [0.25, 0.3) is 0 Å². The molecule has 1 aromatic rings. The molecule has 1 aliphatic rings. The van der Waals surface area contributed by atoms with Crippen molar-refractivity contribution in [3.8, 4) is 0 Å². The van der Waals surface area contributed by atoms with E-state index >= 15 is 0 Å². The number of fused-ring (bicyclic) bond motifs is 1. The highest BCUT2D eigenvalue weighted by Gasteiger charge is 2.23. The van der Waals surface area contributed by atoms with Crippen molar-refractivity contribution in [2.75, 3.05) is 5.32 Å². The highest BCUT2D eigenvalue weighted by molar-refractivity contribution is 5.94. The number of carbonyl (C=O) groups excluding carboxylic acids is 1. The van der Waals surface area contributed by atoms with Crippen LogP contribution in [0.5, 0.6) is 0 Å². The number of nitrogens with one attached hydrogen (secondary N) is 1. The number of amides is 1. The Morgan fingerprint density at radius 2 is 2.17 bits per heavy atom. The Morgan fingerprint density at radius 1 is 1.42 bits per heavy atom. The molecule has 0 saturated carbocycles. The van der Waals surface area contributed by atoms with Gasteiger partial charge in [-0.2, -0.15) is 0 Å². The van der Waals surface area contributed by atoms with Gasteiger partial charge in [-0.1, -0.05) is 18.2 Å². The van der Waals surface area contributed by atoms with Gasteiger partial charge in [0.2, 0.25) is 5.91 Å². The van der Waals surface area contributed by atoms with Crippen molar-refractivity contribution in [1.29, 1.82) is 0 Å². The lowest BCUT2D eigenvalue weighted by Gasteiger charge is -2.19. The zero-order valence-electron chi connectivity index (χ0n) is 6.38. The fourth-order valence-corrected chi connectivity index (χ4v) is 1.36. The Kier molecular flexibility index (Phi) is 1.57. The minimum atomic E-state index is -1.14. The summed E-state index contributed by atoms with van der Waals surface area (Å²) in [5, 5.41) is 2.61. The van der Waals surface area contributed by atoms with E-state index in [0.717, 1.165) is 0 Å². The first kappa shape index (κ1) is 7.28. The Balaban J connectivity index is 2.47. The lowest BCUT2D eigenvalue weighted by Crippen LogP contribution is -2.20. The quantitative estimate of drug-likeness (QED) is 0.626. The summed E-state index contributed by atoms with van der Waals surface area (Å²) in [6.07, 6.45) is -1.20. The van der Waals surface area contributed by atoms with Crippen molar-refractivity contribution < 1.29 is 9.18 Å². The van der Waals surface area contributed by atoms with Crippen LogP contribution >= 0.6 is 0 Å². The summed E-state index contributed by atoms with van der Waals surface area (Å²) < 4.78 is 13.2. The maximum Gasteiger partial charge on any atom is 0.227 e. The molecule has 0 aliphatic carbocycles. The summed E-state index contributed by atoms with van der Waals surface area (Å²) in [6, 6.07) is 6.94. The van der Waals surface area contributed by atoms with Gasteiger partial charge in [0, 0.05) is 11.3 Å². The Morgan fingerprint density at radius 3 is 3.00 bits per heavy atom. The number of anilines is 1. The summed E-state index contributed by atoms with van der Waals surface area (Å²) in [7, 11) is 0. The van der Waals surface area contributed by atoms with Crippen molar-refractivity contribution >= 4 is 11.6 Å². The van der Waals surface area contributed by atoms with Gasteiger partial charge in [-0.25, -0.2) is 4.39 Å². The van der Waals surface area contributed by atoms with Gasteiger partial charge in [0.15, 0.2) is 0 Å². The molecule has 0 fully saturated rings. The smallest absolute Gasteiger partial charge is 0.227 e. The Hall–Kier alpha value is -1.38. The molecule has 1 heterocycles. The first-order valence-electron chi connectivity index (χ1n) is 3.80. The van der Waals surface area contributed by atoms with Gasteiger partial charge in [0.25, 0.3) is 0 Å². The second kappa shape index (κ2) is 2.59. The molecular weight excluding hydrogens is 157 g/mol. The summed E-state index contributed by atoms with van der Waals surface area (Å²) in [6.45, 7) is 0. The molecule has 1 unspecified atom stereocenters. The maximum atomic E-state index is 13.2. The Bertz CT molecular complexity index is 324. The molecule has 1 amide bonds. The van der Waals surface area contributed by atoms with Crippen LogP contribution in [0.3, 0.4) is 0 Å². The van der Waals surface area contributed by atoms with E-state index in [1.165, 1.54) is 0 Å². The monoisotopic (exact) mass is 165 g/mol. The molecule has 62 valence electrons. The van der Waals surface area contributed by atoms with Gasteiger partial charge in [0.05, 0.1) is 6.42 Å². The van der Waals surface area contributed by atoms with E-state index in [1.807, 2.05) is 0 Å². The number of carbonyl (C=O) groups is 1. The molecule has 1 aliphatic heterocycles. The van der Waals surface area contributed by atoms with Crippen molar-refractivity contribution in [2.45, 2.75) is 12.6 Å². The van der Waals surface area contributed by atoms with Gasteiger partial charge in [-0.15, -0.1) is 0 Å². The predicted molar refractivity (Wildman–Crippen MR) is 43.5 cm³/mol. The van der Waals surface area contributed by atoms with Crippen LogP contribution in [0.1, 0.15) is 18.2 Å². The van der Waals surface area contributed by atoms with E-state index in [0.29, 0.717) is 11.3 Å². The average Bonchev–Trinajstić information content (AvgIpc) is 2.04. The first-order chi connectivity index (χ1) is 5.77. The minimum Gasteiger partial charge on any atom is -0.326 e. The highest BCUT2D eigenvalue weighted by atomic mass is 19.1. The largest absolute Gasteiger partial charge is 0.326 e. The lowest BCUT2D eigenvalue weighted by molar-refractivity contribution is -0.117. The van der Waals surface area contributed by atoms with Gasteiger partial charge in [0.1, 0.15) is 6.17 Å². The molecule has 1 atom stereocenters. The molecule has 2 rings (SSSR count). The van der Waals surface area contributed by atoms with E-state index in [-0.39, 0.29) is 12.3 Å². The maximum absolute atomic E-state index is 13.2. The number of alkyl halides is 1. The van der Waals surface area contributed by atoms with Crippen molar-refractivity contribution in [3.63, 3.8) is 0 Å². The van der Waals surface area contributed by atoms with Gasteiger partial charge >= 0.3 is 0 Å². The molecular formula is C9H8FNO. The number of hydrogen-bond acceptors (Lipinski definition) is 1. The molecule has 0 radical (unpaired) electrons. The number of benzene rings is 1. The predicted octanol–water partition coefficient (Wildman–Crippen LogP) is 2.04. The third-order valence-corrected chi connectivity index (χ3v) is 1.94. The fourth-order valence-electron chi connectivity index (χ4n) is 1.36. The number of hydrogen-bond donors (Lipinski definition) is 1. The molecule has 1 aromatic carbocycles. The van der Waals surface area contributed by atoms with E-state index in [4.69, 9.17) is 0 Å². The van der Waals surface area contributed by atoms with Crippen LogP contribution in [0.2, 0.25) is 0 Å². The normalized spacial score (nSPS) is 21.4. The number of rotatable bonds is 0. The second-order valence-electron chi connectivity index (χ2n) is 2.81. The molecule has 12 heavy (non-hydrogen) atoms. The summed E-state index contributed by atoms with van der Waals surface area (Å²) >= 11 is 0. The van der Waals surface area contributed by atoms with Gasteiger partial charge in [-0.3, -0.25) is 4.79 Å². The number of halogens is 1. The molecule has 0 bridgehead atoms. The van der Waals surface area contributed by atoms with Crippen molar-refractivity contribution in [3.05, 3.63) is 29.8 Å². The zero-order valence-corrected chi connectivity index (χ0v) is 6.38. The zero-order chi connectivity index (χ0) is 8.55. The second-order valence-corrected chi connectivity index (χ2v) is 2.81. The molecule has 2 nitrogen and oxygen atoms in total. The lowest BCUT2D eigenvalue weighted by atomic mass is 10.0. The van der Waals surface area contributed by atoms with Gasteiger partial charge in [-0.05, 0) is 6.07 Å². The average molecular weight is 165 g/mol. The van der Waals surface area contributed by atoms with Crippen LogP contribution in [-0.2, 0) is 4.79 Å². The third kappa shape index (κ3) is 1.07. The van der Waals surface area contributed by atoms with E-state index in [9.17, 15) is 9.18 Å². The third-order valence-electron chi connectivity index (χ3n) is 1.94. The van der Waals surface area contributed by atoms with E-state index in [1.54, 1.807) is 24.3 Å². The molecule has 0 saturated heterocycles. The standard InChI is InChI=1S/C9H8FNO/c10-7-5-9(12)11-8-4-2-1-3-6(7)8/h1-4,7H,5H2,(H,11,12). The van der Waals surface area contributed by atoms with E-state index in [2.05, 4.69) is 5.32 Å². The van der Waals surface area contributed by atoms with E-state index < -0.39 is 6.17 Å². The Labute approximate surface area is 69.4 Å². The first-order valence-corrected chi connectivity index (χ1v) is 3.80. The van der Waals surface area contributed by atoms with Crippen LogP contribution < -0.4 is 5.32 Å². The van der Waals surface area contributed by atoms with Crippen LogP contribution in [0, 0.1) is 0 Å². The minimum absolute atomic E-state index is 0.0585. The molecule has 1 N–H and O–H groups in total. The number of para-hydroxylation sites is 1. The highest BCUT2D eigenvalue weighted by Crippen LogP contribution is 2.32. The SMILES string of the molecule is O=C1CC(F)c2ccccc2N1. The molecule has 0 aromatic heterocycles. The topological polar surface area (TPSA) is 29.1 Å².